The van der Waals surface area contributed by atoms with Crippen molar-refractivity contribution >= 4 is 27.8 Å². The lowest BCUT2D eigenvalue weighted by atomic mass is 10.2. The van der Waals surface area contributed by atoms with Gasteiger partial charge < -0.3 is 4.74 Å². The molecule has 0 aliphatic carbocycles. The van der Waals surface area contributed by atoms with E-state index in [0.717, 1.165) is 15.4 Å². The van der Waals surface area contributed by atoms with Crippen LogP contribution in [0.3, 0.4) is 0 Å². The highest BCUT2D eigenvalue weighted by Gasteiger charge is 2.26. The standard InChI is InChI=1S/C23H23N3O4S/c1-18-8-12-20(13-9-18)26(31(28,29)22-6-4-3-5-7-22)17-23(27)25-24-16-19-10-14-21(30-2)15-11-19/h3-16H,17H2,1-2H3,(H,25,27). The first-order valence-corrected chi connectivity index (χ1v) is 10.9. The third-order valence-corrected chi connectivity index (χ3v) is 6.25. The summed E-state index contributed by atoms with van der Waals surface area (Å²) in [5.74, 6) is 0.144. The van der Waals surface area contributed by atoms with Crippen LogP contribution in [-0.2, 0) is 14.8 Å². The Morgan fingerprint density at radius 1 is 1.00 bits per heavy atom. The first kappa shape index (κ1) is 22.0. The van der Waals surface area contributed by atoms with Gasteiger partial charge >= 0.3 is 0 Å². The summed E-state index contributed by atoms with van der Waals surface area (Å²) in [7, 11) is -2.36. The van der Waals surface area contributed by atoms with Crippen LogP contribution < -0.4 is 14.5 Å². The number of nitrogens with one attached hydrogen (secondary N) is 1. The van der Waals surface area contributed by atoms with Crippen LogP contribution in [0.15, 0.2) is 88.9 Å². The molecule has 0 bridgehead atoms. The number of carbonyl (C=O) groups excluding carboxylic acids is 1. The second-order valence-electron chi connectivity index (χ2n) is 6.73. The molecule has 0 saturated carbocycles. The van der Waals surface area contributed by atoms with Crippen LogP contribution in [0.25, 0.3) is 0 Å². The van der Waals surface area contributed by atoms with E-state index in [4.69, 9.17) is 4.74 Å². The molecule has 0 aromatic heterocycles. The van der Waals surface area contributed by atoms with Gasteiger partial charge in [0, 0.05) is 0 Å². The van der Waals surface area contributed by atoms with E-state index in [9.17, 15) is 13.2 Å². The molecule has 0 spiro atoms. The third kappa shape index (κ3) is 5.70. The van der Waals surface area contributed by atoms with Crippen LogP contribution in [0.5, 0.6) is 5.75 Å². The van der Waals surface area contributed by atoms with Gasteiger partial charge in [0.25, 0.3) is 15.9 Å². The second-order valence-corrected chi connectivity index (χ2v) is 8.59. The molecule has 1 N–H and O–H groups in total. The minimum absolute atomic E-state index is 0.102. The van der Waals surface area contributed by atoms with Crippen LogP contribution in [0.1, 0.15) is 11.1 Å². The number of hydrogen-bond donors (Lipinski definition) is 1. The summed E-state index contributed by atoms with van der Waals surface area (Å²) >= 11 is 0. The molecule has 0 aliphatic heterocycles. The summed E-state index contributed by atoms with van der Waals surface area (Å²) in [5.41, 5.74) is 4.52. The van der Waals surface area contributed by atoms with Gasteiger partial charge in [-0.1, -0.05) is 35.9 Å². The van der Waals surface area contributed by atoms with Crippen molar-refractivity contribution in [3.63, 3.8) is 0 Å². The molecule has 0 fully saturated rings. The van der Waals surface area contributed by atoms with Crippen molar-refractivity contribution in [2.45, 2.75) is 11.8 Å². The first-order chi connectivity index (χ1) is 14.9. The molecule has 3 aromatic rings. The monoisotopic (exact) mass is 437 g/mol. The Bertz CT molecular complexity index is 1140. The van der Waals surface area contributed by atoms with Crippen molar-refractivity contribution in [3.8, 4) is 5.75 Å². The van der Waals surface area contributed by atoms with Gasteiger partial charge in [-0.05, 0) is 61.0 Å². The van der Waals surface area contributed by atoms with E-state index in [0.29, 0.717) is 11.4 Å². The average molecular weight is 438 g/mol. The van der Waals surface area contributed by atoms with Crippen molar-refractivity contribution in [1.82, 2.24) is 5.43 Å². The number of rotatable bonds is 8. The minimum Gasteiger partial charge on any atom is -0.497 e. The molecule has 3 rings (SSSR count). The summed E-state index contributed by atoms with van der Waals surface area (Å²) in [5, 5.41) is 3.93. The topological polar surface area (TPSA) is 88.1 Å². The van der Waals surface area contributed by atoms with E-state index in [1.807, 2.05) is 6.92 Å². The van der Waals surface area contributed by atoms with Crippen molar-refractivity contribution in [1.29, 1.82) is 0 Å². The average Bonchev–Trinajstić information content (AvgIpc) is 2.79. The SMILES string of the molecule is COc1ccc(C=NNC(=O)CN(c2ccc(C)cc2)S(=O)(=O)c2ccccc2)cc1. The number of carbonyl (C=O) groups is 1. The van der Waals surface area contributed by atoms with Gasteiger partial charge in [0.15, 0.2) is 0 Å². The number of nitrogens with zero attached hydrogens (tertiary/aromatic N) is 2. The molecule has 8 heteroatoms. The Kier molecular flexibility index (Phi) is 7.04. The summed E-state index contributed by atoms with van der Waals surface area (Å²) in [4.78, 5) is 12.6. The Labute approximate surface area is 182 Å². The molecular weight excluding hydrogens is 414 g/mol. The van der Waals surface area contributed by atoms with Crippen LogP contribution in [0.4, 0.5) is 5.69 Å². The predicted octanol–water partition coefficient (Wildman–Crippen LogP) is 3.35. The molecular formula is C23H23N3O4S. The van der Waals surface area contributed by atoms with Crippen molar-refractivity contribution < 1.29 is 17.9 Å². The number of benzene rings is 3. The molecule has 31 heavy (non-hydrogen) atoms. The number of aryl methyl sites for hydroxylation is 1. The highest BCUT2D eigenvalue weighted by molar-refractivity contribution is 7.92. The Balaban J connectivity index is 1.78. The Morgan fingerprint density at radius 3 is 2.26 bits per heavy atom. The summed E-state index contributed by atoms with van der Waals surface area (Å²) < 4.78 is 32.6. The largest absolute Gasteiger partial charge is 0.497 e. The number of ether oxygens (including phenoxy) is 1. The summed E-state index contributed by atoms with van der Waals surface area (Å²) in [6.45, 7) is 1.49. The number of hydrazone groups is 1. The predicted molar refractivity (Wildman–Crippen MR) is 121 cm³/mol. The van der Waals surface area contributed by atoms with Gasteiger partial charge in [-0.15, -0.1) is 0 Å². The lowest BCUT2D eigenvalue weighted by Crippen LogP contribution is -2.39. The second kappa shape index (κ2) is 9.90. The molecule has 0 aliphatic rings. The van der Waals surface area contributed by atoms with E-state index in [1.54, 1.807) is 73.8 Å². The molecule has 0 radical (unpaired) electrons. The molecule has 0 saturated heterocycles. The van der Waals surface area contributed by atoms with E-state index < -0.39 is 22.5 Å². The molecule has 0 heterocycles. The van der Waals surface area contributed by atoms with Gasteiger partial charge in [0.1, 0.15) is 12.3 Å². The molecule has 3 aromatic carbocycles. The normalized spacial score (nSPS) is 11.3. The smallest absolute Gasteiger partial charge is 0.264 e. The van der Waals surface area contributed by atoms with Crippen LogP contribution in [0.2, 0.25) is 0 Å². The Hall–Kier alpha value is -3.65. The maximum Gasteiger partial charge on any atom is 0.264 e. The molecule has 0 unspecified atom stereocenters. The lowest BCUT2D eigenvalue weighted by molar-refractivity contribution is -0.119. The zero-order valence-electron chi connectivity index (χ0n) is 17.2. The minimum atomic E-state index is -3.94. The number of sulfonamides is 1. The maximum absolute atomic E-state index is 13.2. The van der Waals surface area contributed by atoms with Crippen molar-refractivity contribution in [2.75, 3.05) is 18.0 Å². The van der Waals surface area contributed by atoms with Gasteiger partial charge in [0.2, 0.25) is 0 Å². The van der Waals surface area contributed by atoms with Crippen molar-refractivity contribution in [2.24, 2.45) is 5.10 Å². The fourth-order valence-corrected chi connectivity index (χ4v) is 4.22. The van der Waals surface area contributed by atoms with Crippen LogP contribution >= 0.6 is 0 Å². The van der Waals surface area contributed by atoms with E-state index in [-0.39, 0.29) is 4.90 Å². The van der Waals surface area contributed by atoms with Gasteiger partial charge in [-0.25, -0.2) is 13.8 Å². The third-order valence-electron chi connectivity index (χ3n) is 4.46. The van der Waals surface area contributed by atoms with Crippen LogP contribution in [-0.4, -0.2) is 34.2 Å². The summed E-state index contributed by atoms with van der Waals surface area (Å²) in [6, 6.07) is 22.0. The fraction of sp³-hybridized carbons (Fsp3) is 0.130. The number of methoxy groups -OCH3 is 1. The number of hydrogen-bond acceptors (Lipinski definition) is 5. The van der Waals surface area contributed by atoms with Gasteiger partial charge in [0.05, 0.1) is 23.9 Å². The number of anilines is 1. The van der Waals surface area contributed by atoms with Crippen LogP contribution in [0, 0.1) is 6.92 Å². The first-order valence-electron chi connectivity index (χ1n) is 9.50. The van der Waals surface area contributed by atoms with E-state index >= 15 is 0 Å². The molecule has 7 nitrogen and oxygen atoms in total. The molecule has 160 valence electrons. The highest BCUT2D eigenvalue weighted by atomic mass is 32.2. The Morgan fingerprint density at radius 2 is 1.65 bits per heavy atom. The molecule has 1 amide bonds. The zero-order chi connectivity index (χ0) is 22.3. The van der Waals surface area contributed by atoms with Gasteiger partial charge in [-0.3, -0.25) is 9.10 Å². The van der Waals surface area contributed by atoms with E-state index in [1.165, 1.54) is 18.3 Å². The summed E-state index contributed by atoms with van der Waals surface area (Å²) in [6.07, 6.45) is 1.47. The zero-order valence-corrected chi connectivity index (χ0v) is 18.0. The maximum atomic E-state index is 13.2. The number of amides is 1. The van der Waals surface area contributed by atoms with Gasteiger partial charge in [-0.2, -0.15) is 5.10 Å². The van der Waals surface area contributed by atoms with Crippen molar-refractivity contribution in [3.05, 3.63) is 90.0 Å². The highest BCUT2D eigenvalue weighted by Crippen LogP contribution is 2.23. The van der Waals surface area contributed by atoms with E-state index in [2.05, 4.69) is 10.5 Å². The quantitative estimate of drug-likeness (QED) is 0.432. The fourth-order valence-electron chi connectivity index (χ4n) is 2.78. The molecule has 0 atom stereocenters. The lowest BCUT2D eigenvalue weighted by Gasteiger charge is -2.23.